The first-order valence-corrected chi connectivity index (χ1v) is 22.9. The lowest BCUT2D eigenvalue weighted by Crippen LogP contribution is -2.75. The second-order valence-electron chi connectivity index (χ2n) is 16.6. The normalized spacial score (nSPS) is 13.3. The highest BCUT2D eigenvalue weighted by molar-refractivity contribution is 7.20. The van der Waals surface area contributed by atoms with Gasteiger partial charge < -0.3 is 9.13 Å². The van der Waals surface area contributed by atoms with Crippen molar-refractivity contribution in [2.45, 2.75) is 0 Å². The minimum Gasteiger partial charge on any atom is -0.309 e. The van der Waals surface area contributed by atoms with Crippen LogP contribution in [0.15, 0.2) is 218 Å². The summed E-state index contributed by atoms with van der Waals surface area (Å²) in [4.78, 5) is 0. The van der Waals surface area contributed by atoms with Crippen molar-refractivity contribution in [3.8, 4) is 22.5 Å². The van der Waals surface area contributed by atoms with Gasteiger partial charge in [-0.25, -0.2) is 0 Å². The van der Waals surface area contributed by atoms with Crippen molar-refractivity contribution in [2.75, 3.05) is 14.1 Å². The van der Waals surface area contributed by atoms with Crippen LogP contribution < -0.4 is 25.2 Å². The summed E-state index contributed by atoms with van der Waals surface area (Å²) in [6, 6.07) is 81.7. The van der Waals surface area contributed by atoms with Crippen LogP contribution in [0.1, 0.15) is 0 Å². The molecule has 2 aromatic heterocycles. The second-order valence-corrected chi connectivity index (χ2v) is 20.4. The molecule has 0 spiro atoms. The molecule has 0 unspecified atom stereocenters. The number of fused-ring (bicyclic) bond motifs is 10. The molecule has 0 aliphatic carbocycles. The molecule has 11 aromatic rings. The van der Waals surface area contributed by atoms with E-state index in [1.54, 1.807) is 0 Å². The zero-order valence-electron chi connectivity index (χ0n) is 33.6. The van der Waals surface area contributed by atoms with Crippen LogP contribution in [-0.2, 0) is 0 Å². The molecule has 12 rings (SSSR count). The van der Waals surface area contributed by atoms with Crippen LogP contribution in [-0.4, -0.2) is 31.3 Å². The largest absolute Gasteiger partial charge is 0.309 e. The summed E-state index contributed by atoms with van der Waals surface area (Å²) in [7, 11) is 1.66. The highest BCUT2D eigenvalue weighted by Crippen LogP contribution is 2.55. The Morgan fingerprint density at radius 2 is 0.900 bits per heavy atom. The molecule has 0 bridgehead atoms. The lowest BCUT2D eigenvalue weighted by molar-refractivity contribution is 0.572. The van der Waals surface area contributed by atoms with Gasteiger partial charge in [-0.2, -0.15) is 0 Å². The Morgan fingerprint density at radius 1 is 0.367 bits per heavy atom. The zero-order chi connectivity index (χ0) is 40.0. The van der Waals surface area contributed by atoms with Gasteiger partial charge in [0.1, 0.15) is 5.69 Å². The van der Waals surface area contributed by atoms with Crippen LogP contribution in [0.3, 0.4) is 0 Å². The monoisotopic (exact) mass is 784 g/mol. The lowest BCUT2D eigenvalue weighted by atomic mass is 10.0. The lowest BCUT2D eigenvalue weighted by Gasteiger charge is -2.35. The minimum absolute atomic E-state index is 0.712. The molecule has 9 aromatic carbocycles. The molecular weight excluding hydrogens is 743 g/mol. The summed E-state index contributed by atoms with van der Waals surface area (Å²) in [5.74, 6) is 0. The number of hydrogen-bond acceptors (Lipinski definition) is 0. The van der Waals surface area contributed by atoms with Crippen molar-refractivity contribution in [1.82, 2.24) is 13.6 Å². The fraction of sp³-hybridized carbons (Fsp3) is 0.0357. The number of quaternary nitrogens is 1. The van der Waals surface area contributed by atoms with Gasteiger partial charge in [-0.3, -0.25) is 4.48 Å². The van der Waals surface area contributed by atoms with E-state index in [9.17, 15) is 0 Å². The molecular formula is C56H42N3Si+. The Hall–Kier alpha value is -7.24. The van der Waals surface area contributed by atoms with Crippen LogP contribution >= 0.6 is 0 Å². The van der Waals surface area contributed by atoms with Crippen molar-refractivity contribution in [3.05, 3.63) is 218 Å². The topological polar surface area (TPSA) is 9.86 Å². The molecule has 0 fully saturated rings. The predicted octanol–water partition coefficient (Wildman–Crippen LogP) is 11.1. The van der Waals surface area contributed by atoms with E-state index >= 15 is 0 Å². The molecule has 3 heterocycles. The molecule has 0 N–H and O–H groups in total. The molecule has 60 heavy (non-hydrogen) atoms. The number of rotatable bonds is 6. The van der Waals surface area contributed by atoms with Gasteiger partial charge in [-0.15, -0.1) is 0 Å². The van der Waals surface area contributed by atoms with Gasteiger partial charge in [0.15, 0.2) is 13.8 Å². The molecule has 1 aliphatic heterocycles. The number of para-hydroxylation sites is 5. The highest BCUT2D eigenvalue weighted by atomic mass is 28.3. The average Bonchev–Trinajstić information content (AvgIpc) is 3.91. The van der Waals surface area contributed by atoms with Gasteiger partial charge in [0.05, 0.1) is 41.5 Å². The SMILES string of the molecule is C[N+]1(C)c2ccccc2-c2ccc3c(c21)c1ccccc1n3-c1ccc([Si](c2ccccc2)(c2ccccc2)c2cccc3c4ccccc4n(-c4ccccc4)c23)cc1. The van der Waals surface area contributed by atoms with E-state index in [1.807, 2.05) is 0 Å². The Bertz CT molecular complexity index is 3400. The first kappa shape index (κ1) is 34.8. The van der Waals surface area contributed by atoms with Gasteiger partial charge in [0, 0.05) is 44.7 Å². The molecule has 0 saturated carbocycles. The third kappa shape index (κ3) is 4.74. The van der Waals surface area contributed by atoms with Crippen LogP contribution in [0.5, 0.6) is 0 Å². The van der Waals surface area contributed by atoms with Crippen LogP contribution in [0.2, 0.25) is 0 Å². The molecule has 0 atom stereocenters. The first-order chi connectivity index (χ1) is 29.6. The van der Waals surface area contributed by atoms with E-state index in [2.05, 4.69) is 242 Å². The molecule has 0 saturated heterocycles. The number of aromatic nitrogens is 2. The zero-order valence-corrected chi connectivity index (χ0v) is 34.6. The van der Waals surface area contributed by atoms with Crippen LogP contribution in [0.25, 0.3) is 66.1 Å². The van der Waals surface area contributed by atoms with Gasteiger partial charge in [-0.1, -0.05) is 158 Å². The molecule has 0 amide bonds. The highest BCUT2D eigenvalue weighted by Gasteiger charge is 2.44. The van der Waals surface area contributed by atoms with E-state index in [0.29, 0.717) is 4.48 Å². The van der Waals surface area contributed by atoms with Crippen LogP contribution in [0.4, 0.5) is 11.4 Å². The smallest absolute Gasteiger partial charge is 0.181 e. The van der Waals surface area contributed by atoms with E-state index in [0.717, 1.165) is 5.69 Å². The van der Waals surface area contributed by atoms with Crippen molar-refractivity contribution in [3.63, 3.8) is 0 Å². The predicted molar refractivity (Wildman–Crippen MR) is 257 cm³/mol. The second kappa shape index (κ2) is 13.1. The first-order valence-electron chi connectivity index (χ1n) is 20.9. The van der Waals surface area contributed by atoms with Crippen LogP contribution in [0, 0.1) is 0 Å². The number of nitrogens with zero attached hydrogens (tertiary/aromatic N) is 3. The maximum atomic E-state index is 2.51. The van der Waals surface area contributed by atoms with Crippen molar-refractivity contribution in [2.24, 2.45) is 0 Å². The third-order valence-corrected chi connectivity index (χ3v) is 18.1. The molecule has 4 heteroatoms. The van der Waals surface area contributed by atoms with Crippen molar-refractivity contribution < 1.29 is 0 Å². The number of benzene rings is 9. The Morgan fingerprint density at radius 3 is 1.60 bits per heavy atom. The van der Waals surface area contributed by atoms with Crippen molar-refractivity contribution >= 4 is 83.8 Å². The van der Waals surface area contributed by atoms with E-state index < -0.39 is 8.07 Å². The Kier molecular flexibility index (Phi) is 7.61. The summed E-state index contributed by atoms with van der Waals surface area (Å²) in [5, 5.41) is 10.6. The fourth-order valence-electron chi connectivity index (χ4n) is 10.8. The molecule has 1 aliphatic rings. The Labute approximate surface area is 350 Å². The average molecular weight is 785 g/mol. The van der Waals surface area contributed by atoms with E-state index in [-0.39, 0.29) is 0 Å². The summed E-state index contributed by atoms with van der Waals surface area (Å²) >= 11 is 0. The van der Waals surface area contributed by atoms with Gasteiger partial charge in [-0.05, 0) is 75.3 Å². The molecule has 3 nitrogen and oxygen atoms in total. The van der Waals surface area contributed by atoms with E-state index in [1.165, 1.54) is 92.5 Å². The standard InChI is InChI=1S/C56H42N3Si/c1-59(2)52-31-17-14-26-45(52)47-37-38-51-54(56(47)59)48-27-13-16-30-50(48)57(51)40-33-35-43(36-34-40)60(41-21-8-4-9-22-41,42-23-10-5-11-24-42)53-32-18-28-46-44-25-12-15-29-49(44)58(55(46)53)39-19-6-3-7-20-39/h3-38H,1-2H3/q+1. The fourth-order valence-corrected chi connectivity index (χ4v) is 15.7. The molecule has 0 radical (unpaired) electrons. The summed E-state index contributed by atoms with van der Waals surface area (Å²) < 4.78 is 5.71. The van der Waals surface area contributed by atoms with Crippen molar-refractivity contribution in [1.29, 1.82) is 0 Å². The maximum absolute atomic E-state index is 3.01. The minimum atomic E-state index is -3.01. The quantitative estimate of drug-likeness (QED) is 0.0903. The summed E-state index contributed by atoms with van der Waals surface area (Å²) in [5.41, 5.74) is 12.6. The van der Waals surface area contributed by atoms with E-state index in [4.69, 9.17) is 0 Å². The third-order valence-electron chi connectivity index (χ3n) is 13.3. The number of hydrogen-bond donors (Lipinski definition) is 0. The van der Waals surface area contributed by atoms with Gasteiger partial charge in [0.2, 0.25) is 0 Å². The summed E-state index contributed by atoms with van der Waals surface area (Å²) in [6.45, 7) is 0. The Balaban J connectivity index is 1.15. The summed E-state index contributed by atoms with van der Waals surface area (Å²) in [6.07, 6.45) is 0. The van der Waals surface area contributed by atoms with Gasteiger partial charge in [0.25, 0.3) is 0 Å². The molecule has 284 valence electrons. The van der Waals surface area contributed by atoms with Gasteiger partial charge >= 0.3 is 0 Å². The maximum Gasteiger partial charge on any atom is 0.181 e.